The van der Waals surface area contributed by atoms with E-state index in [1.807, 2.05) is 68.7 Å². The van der Waals surface area contributed by atoms with Crippen LogP contribution in [0.15, 0.2) is 59.1 Å². The molecule has 3 aromatic carbocycles. The van der Waals surface area contributed by atoms with Gasteiger partial charge < -0.3 is 9.64 Å². The van der Waals surface area contributed by atoms with Gasteiger partial charge in [0.25, 0.3) is 5.91 Å². The first kappa shape index (κ1) is 23.5. The lowest BCUT2D eigenvalue weighted by Gasteiger charge is -2.23. The van der Waals surface area contributed by atoms with Crippen molar-refractivity contribution in [3.05, 3.63) is 64.6 Å². The number of aromatic nitrogens is 1. The van der Waals surface area contributed by atoms with Crippen LogP contribution >= 0.6 is 39.7 Å². The number of hydrogen-bond donors (Lipinski definition) is 0. The summed E-state index contributed by atoms with van der Waals surface area (Å²) in [6.45, 7) is 1.25. The molecule has 1 aromatic heterocycles. The van der Waals surface area contributed by atoms with Gasteiger partial charge in [0.1, 0.15) is 5.75 Å². The number of carbonyl (C=O) groups excluding carboxylic acids is 1. The van der Waals surface area contributed by atoms with Crippen LogP contribution in [0.3, 0.4) is 0 Å². The number of nitrogens with zero attached hydrogens (tertiary/aromatic N) is 3. The van der Waals surface area contributed by atoms with E-state index in [2.05, 4.69) is 20.8 Å². The molecule has 0 fully saturated rings. The molecule has 1 heterocycles. The van der Waals surface area contributed by atoms with Crippen molar-refractivity contribution in [2.75, 3.05) is 39.2 Å². The molecule has 0 aliphatic carbocycles. The molecule has 0 aliphatic rings. The molecule has 31 heavy (non-hydrogen) atoms. The smallest absolute Gasteiger partial charge is 0.263 e. The van der Waals surface area contributed by atoms with Crippen LogP contribution < -0.4 is 9.64 Å². The lowest BCUT2D eigenvalue weighted by atomic mass is 10.0. The van der Waals surface area contributed by atoms with Gasteiger partial charge in [0.05, 0.1) is 22.9 Å². The summed E-state index contributed by atoms with van der Waals surface area (Å²) in [6, 6.07) is 17.7. The molecule has 1 amide bonds. The molecule has 0 radical (unpaired) electrons. The van der Waals surface area contributed by atoms with E-state index in [0.29, 0.717) is 23.0 Å². The highest BCUT2D eigenvalue weighted by Crippen LogP contribution is 2.33. The average Bonchev–Trinajstić information content (AvgIpc) is 3.15. The number of carbonyl (C=O) groups is 1. The molecule has 4 rings (SSSR count). The van der Waals surface area contributed by atoms with Gasteiger partial charge in [-0.1, -0.05) is 51.5 Å². The minimum Gasteiger partial charge on any atom is -0.496 e. The Bertz CT molecular complexity index is 1230. The summed E-state index contributed by atoms with van der Waals surface area (Å²) in [6.07, 6.45) is 0. The number of benzene rings is 3. The molecule has 4 aromatic rings. The lowest BCUT2D eigenvalue weighted by molar-refractivity contribution is 0.0982. The minimum atomic E-state index is -0.113. The van der Waals surface area contributed by atoms with Crippen LogP contribution in [0.4, 0.5) is 5.13 Å². The monoisotopic (exact) mass is 519 g/mol. The Morgan fingerprint density at radius 3 is 2.45 bits per heavy atom. The van der Waals surface area contributed by atoms with Gasteiger partial charge in [0.2, 0.25) is 0 Å². The van der Waals surface area contributed by atoms with Gasteiger partial charge in [-0.25, -0.2) is 4.98 Å². The molecular formula is C23H23BrClN3O2S. The van der Waals surface area contributed by atoms with Gasteiger partial charge in [0, 0.05) is 17.6 Å². The van der Waals surface area contributed by atoms with Crippen molar-refractivity contribution in [1.29, 1.82) is 0 Å². The number of halogens is 2. The third kappa shape index (κ3) is 5.01. The number of thiazole rings is 1. The predicted octanol–water partition coefficient (Wildman–Crippen LogP) is 5.85. The highest BCUT2D eigenvalue weighted by Gasteiger charge is 2.24. The molecule has 0 saturated heterocycles. The summed E-state index contributed by atoms with van der Waals surface area (Å²) in [5, 5.41) is 2.73. The first-order chi connectivity index (χ1) is 14.5. The molecule has 0 atom stereocenters. The highest BCUT2D eigenvalue weighted by molar-refractivity contribution is 9.10. The Labute approximate surface area is 200 Å². The molecule has 0 bridgehead atoms. The fourth-order valence-corrected chi connectivity index (χ4v) is 4.83. The van der Waals surface area contributed by atoms with Crippen molar-refractivity contribution in [2.24, 2.45) is 0 Å². The average molecular weight is 521 g/mol. The van der Waals surface area contributed by atoms with Crippen LogP contribution in [-0.2, 0) is 0 Å². The molecule has 162 valence electrons. The number of likely N-dealkylation sites (N-methyl/N-ethyl adjacent to an activating group) is 1. The van der Waals surface area contributed by atoms with Crippen molar-refractivity contribution < 1.29 is 9.53 Å². The SMILES string of the molecule is COc1cc2ccccc2cc1C(=O)N(CCN(C)C)c1nc2ccc(Br)cc2s1.Cl. The van der Waals surface area contributed by atoms with Gasteiger partial charge in [0.15, 0.2) is 5.13 Å². The van der Waals surface area contributed by atoms with E-state index in [1.54, 1.807) is 12.0 Å². The third-order valence-electron chi connectivity index (χ3n) is 4.88. The Balaban J connectivity index is 0.00000272. The van der Waals surface area contributed by atoms with Crippen molar-refractivity contribution in [3.63, 3.8) is 0 Å². The zero-order chi connectivity index (χ0) is 21.3. The minimum absolute atomic E-state index is 0. The van der Waals surface area contributed by atoms with E-state index in [1.165, 1.54) is 11.3 Å². The number of ether oxygens (including phenoxy) is 1. The summed E-state index contributed by atoms with van der Waals surface area (Å²) in [7, 11) is 5.59. The maximum atomic E-state index is 13.7. The number of methoxy groups -OCH3 is 1. The number of fused-ring (bicyclic) bond motifs is 2. The summed E-state index contributed by atoms with van der Waals surface area (Å²) in [5.41, 5.74) is 1.42. The summed E-state index contributed by atoms with van der Waals surface area (Å²) in [4.78, 5) is 22.3. The topological polar surface area (TPSA) is 45.7 Å². The van der Waals surface area contributed by atoms with Crippen molar-refractivity contribution in [3.8, 4) is 5.75 Å². The second-order valence-corrected chi connectivity index (χ2v) is 9.19. The van der Waals surface area contributed by atoms with Gasteiger partial charge in [-0.2, -0.15) is 0 Å². The van der Waals surface area contributed by atoms with E-state index >= 15 is 0 Å². The molecule has 0 N–H and O–H groups in total. The van der Waals surface area contributed by atoms with Gasteiger partial charge in [-0.3, -0.25) is 9.69 Å². The third-order valence-corrected chi connectivity index (χ3v) is 6.42. The maximum absolute atomic E-state index is 13.7. The Morgan fingerprint density at radius 2 is 1.77 bits per heavy atom. The zero-order valence-electron chi connectivity index (χ0n) is 17.5. The molecule has 0 aliphatic heterocycles. The lowest BCUT2D eigenvalue weighted by Crippen LogP contribution is -2.37. The van der Waals surface area contributed by atoms with Crippen LogP contribution in [0.2, 0.25) is 0 Å². The van der Waals surface area contributed by atoms with Crippen LogP contribution in [0.25, 0.3) is 21.0 Å². The fraction of sp³-hybridized carbons (Fsp3) is 0.217. The summed E-state index contributed by atoms with van der Waals surface area (Å²) in [5.74, 6) is 0.454. The number of hydrogen-bond acceptors (Lipinski definition) is 5. The first-order valence-corrected chi connectivity index (χ1v) is 11.2. The Hall–Kier alpha value is -2.19. The first-order valence-electron chi connectivity index (χ1n) is 9.56. The molecule has 5 nitrogen and oxygen atoms in total. The van der Waals surface area contributed by atoms with Gasteiger partial charge in [-0.15, -0.1) is 12.4 Å². The fourth-order valence-electron chi connectivity index (χ4n) is 3.29. The second kappa shape index (κ2) is 9.96. The van der Waals surface area contributed by atoms with Crippen LogP contribution in [0, 0.1) is 0 Å². The number of rotatable bonds is 6. The largest absolute Gasteiger partial charge is 0.496 e. The molecule has 0 spiro atoms. The zero-order valence-corrected chi connectivity index (χ0v) is 20.7. The normalized spacial score (nSPS) is 11.0. The van der Waals surface area contributed by atoms with E-state index in [-0.39, 0.29) is 18.3 Å². The maximum Gasteiger partial charge on any atom is 0.263 e. The van der Waals surface area contributed by atoms with Gasteiger partial charge >= 0.3 is 0 Å². The number of anilines is 1. The Kier molecular flexibility index (Phi) is 7.54. The van der Waals surface area contributed by atoms with Crippen LogP contribution in [0.1, 0.15) is 10.4 Å². The van der Waals surface area contributed by atoms with Crippen molar-refractivity contribution >= 4 is 71.7 Å². The molecule has 0 unspecified atom stereocenters. The van der Waals surface area contributed by atoms with E-state index < -0.39 is 0 Å². The van der Waals surface area contributed by atoms with E-state index in [0.717, 1.165) is 32.0 Å². The Morgan fingerprint density at radius 1 is 1.06 bits per heavy atom. The predicted molar refractivity (Wildman–Crippen MR) is 135 cm³/mol. The standard InChI is InChI=1S/C23H22BrN3O2S.ClH/c1-26(2)10-11-27(23-25-19-9-8-17(24)14-21(19)30-23)22(28)18-12-15-6-4-5-7-16(15)13-20(18)29-3;/h4-9,12-14H,10-11H2,1-3H3;1H. The quantitative estimate of drug-likeness (QED) is 0.320. The van der Waals surface area contributed by atoms with Crippen molar-refractivity contribution in [2.45, 2.75) is 0 Å². The van der Waals surface area contributed by atoms with E-state index in [9.17, 15) is 4.79 Å². The summed E-state index contributed by atoms with van der Waals surface area (Å²) < 4.78 is 7.61. The number of amides is 1. The van der Waals surface area contributed by atoms with E-state index in [4.69, 9.17) is 9.72 Å². The van der Waals surface area contributed by atoms with Crippen molar-refractivity contribution in [1.82, 2.24) is 9.88 Å². The van der Waals surface area contributed by atoms with Gasteiger partial charge in [-0.05, 0) is 55.2 Å². The van der Waals surface area contributed by atoms with Crippen LogP contribution in [-0.4, -0.2) is 50.1 Å². The van der Waals surface area contributed by atoms with Crippen LogP contribution in [0.5, 0.6) is 5.75 Å². The highest BCUT2D eigenvalue weighted by atomic mass is 79.9. The second-order valence-electron chi connectivity index (χ2n) is 7.27. The molecule has 8 heteroatoms. The molecule has 0 saturated carbocycles. The molecular weight excluding hydrogens is 498 g/mol. The summed E-state index contributed by atoms with van der Waals surface area (Å²) >= 11 is 5.03.